The lowest BCUT2D eigenvalue weighted by Crippen LogP contribution is -2.39. The van der Waals surface area contributed by atoms with Gasteiger partial charge >= 0.3 is 0 Å². The highest BCUT2D eigenvalue weighted by atomic mass is 32.2. The van der Waals surface area contributed by atoms with E-state index in [-0.39, 0.29) is 12.4 Å². The van der Waals surface area contributed by atoms with Crippen molar-refractivity contribution in [3.8, 4) is 0 Å². The van der Waals surface area contributed by atoms with Crippen LogP contribution in [0.2, 0.25) is 0 Å². The summed E-state index contributed by atoms with van der Waals surface area (Å²) in [5, 5.41) is 8.61. The molecular weight excluding hydrogens is 240 g/mol. The number of nitrogens with zero attached hydrogens (tertiary/aromatic N) is 1. The quantitative estimate of drug-likeness (QED) is 0.636. The number of likely N-dealkylation sites (tertiary alicyclic amines) is 1. The molecule has 0 aromatic carbocycles. The van der Waals surface area contributed by atoms with Crippen molar-refractivity contribution in [2.45, 2.75) is 25.7 Å². The van der Waals surface area contributed by atoms with Crippen molar-refractivity contribution in [1.29, 1.82) is 0 Å². The summed E-state index contributed by atoms with van der Waals surface area (Å²) in [5.41, 5.74) is 0. The summed E-state index contributed by atoms with van der Waals surface area (Å²) in [4.78, 5) is 2.24. The Hall–Kier alpha value is -0.170. The standard InChI is InChI=1S/C11H24N2O3S/c1-13-6-4-5-11(10-13)9-12-17(15,16)8-3-2-7-14/h11-12,14H,2-10H2,1H3. The van der Waals surface area contributed by atoms with E-state index in [2.05, 4.69) is 16.7 Å². The summed E-state index contributed by atoms with van der Waals surface area (Å²) in [6, 6.07) is 0. The number of unbranched alkanes of at least 4 members (excludes halogenated alkanes) is 1. The van der Waals surface area contributed by atoms with E-state index >= 15 is 0 Å². The summed E-state index contributed by atoms with van der Waals surface area (Å²) < 4.78 is 25.9. The molecule has 1 aliphatic heterocycles. The van der Waals surface area contributed by atoms with Gasteiger partial charge in [-0.1, -0.05) is 0 Å². The van der Waals surface area contributed by atoms with E-state index in [9.17, 15) is 8.42 Å². The van der Waals surface area contributed by atoms with E-state index in [0.29, 0.717) is 25.3 Å². The van der Waals surface area contributed by atoms with Crippen LogP contribution in [-0.4, -0.2) is 57.5 Å². The van der Waals surface area contributed by atoms with Gasteiger partial charge in [0.1, 0.15) is 0 Å². The molecule has 6 heteroatoms. The molecule has 5 nitrogen and oxygen atoms in total. The van der Waals surface area contributed by atoms with Gasteiger partial charge in [0.15, 0.2) is 0 Å². The number of piperidine rings is 1. The average molecular weight is 264 g/mol. The van der Waals surface area contributed by atoms with Gasteiger partial charge in [-0.05, 0) is 45.2 Å². The van der Waals surface area contributed by atoms with E-state index in [1.54, 1.807) is 0 Å². The van der Waals surface area contributed by atoms with Gasteiger partial charge in [0, 0.05) is 19.7 Å². The molecule has 0 radical (unpaired) electrons. The normalized spacial score (nSPS) is 22.8. The Balaban J connectivity index is 2.23. The summed E-state index contributed by atoms with van der Waals surface area (Å²) in [6.07, 6.45) is 3.32. The highest BCUT2D eigenvalue weighted by molar-refractivity contribution is 7.89. The average Bonchev–Trinajstić information content (AvgIpc) is 2.27. The Bertz CT molecular complexity index is 306. The highest BCUT2D eigenvalue weighted by Gasteiger charge is 2.19. The Kier molecular flexibility index (Phi) is 6.40. The number of aliphatic hydroxyl groups excluding tert-OH is 1. The van der Waals surface area contributed by atoms with Crippen molar-refractivity contribution >= 4 is 10.0 Å². The summed E-state index contributed by atoms with van der Waals surface area (Å²) in [6.45, 7) is 2.69. The van der Waals surface area contributed by atoms with Crippen LogP contribution in [-0.2, 0) is 10.0 Å². The zero-order valence-electron chi connectivity index (χ0n) is 10.6. The summed E-state index contributed by atoms with van der Waals surface area (Å²) in [5.74, 6) is 0.553. The van der Waals surface area contributed by atoms with Crippen LogP contribution in [0.4, 0.5) is 0 Å². The number of aliphatic hydroxyl groups is 1. The van der Waals surface area contributed by atoms with Gasteiger partial charge in [0.25, 0.3) is 0 Å². The predicted molar refractivity (Wildman–Crippen MR) is 68.3 cm³/mol. The second kappa shape index (κ2) is 7.31. The van der Waals surface area contributed by atoms with Crippen molar-refractivity contribution in [3.63, 3.8) is 0 Å². The minimum Gasteiger partial charge on any atom is -0.396 e. The highest BCUT2D eigenvalue weighted by Crippen LogP contribution is 2.14. The smallest absolute Gasteiger partial charge is 0.211 e. The monoisotopic (exact) mass is 264 g/mol. The summed E-state index contributed by atoms with van der Waals surface area (Å²) >= 11 is 0. The molecule has 1 aliphatic rings. The van der Waals surface area contributed by atoms with Gasteiger partial charge in [-0.25, -0.2) is 13.1 Å². The molecule has 1 atom stereocenters. The molecule has 0 amide bonds. The maximum absolute atomic E-state index is 11.6. The maximum Gasteiger partial charge on any atom is 0.211 e. The first kappa shape index (κ1) is 14.9. The zero-order valence-corrected chi connectivity index (χ0v) is 11.4. The van der Waals surface area contributed by atoms with E-state index in [1.807, 2.05) is 0 Å². The molecule has 1 rings (SSSR count). The minimum absolute atomic E-state index is 0.0585. The number of hydrogen-bond acceptors (Lipinski definition) is 4. The first-order valence-electron chi connectivity index (χ1n) is 6.30. The molecule has 0 bridgehead atoms. The molecule has 1 saturated heterocycles. The van der Waals surface area contributed by atoms with Crippen LogP contribution in [0.1, 0.15) is 25.7 Å². The molecular formula is C11H24N2O3S. The van der Waals surface area contributed by atoms with Crippen molar-refractivity contribution in [3.05, 3.63) is 0 Å². The third kappa shape index (κ3) is 6.35. The predicted octanol–water partition coefficient (Wildman–Crippen LogP) is 0.0201. The second-order valence-corrected chi connectivity index (χ2v) is 6.79. The van der Waals surface area contributed by atoms with E-state index < -0.39 is 10.0 Å². The first-order valence-corrected chi connectivity index (χ1v) is 7.95. The van der Waals surface area contributed by atoms with Crippen molar-refractivity contribution < 1.29 is 13.5 Å². The topological polar surface area (TPSA) is 69.6 Å². The minimum atomic E-state index is -3.15. The Morgan fingerprint density at radius 1 is 1.41 bits per heavy atom. The third-order valence-electron chi connectivity index (χ3n) is 3.14. The molecule has 102 valence electrons. The first-order chi connectivity index (χ1) is 8.03. The third-order valence-corrected chi connectivity index (χ3v) is 4.57. The molecule has 1 heterocycles. The van der Waals surface area contributed by atoms with Crippen molar-refractivity contribution in [2.75, 3.05) is 39.0 Å². The molecule has 0 spiro atoms. The molecule has 0 aromatic rings. The second-order valence-electron chi connectivity index (χ2n) is 4.87. The molecule has 0 aliphatic carbocycles. The van der Waals surface area contributed by atoms with Gasteiger partial charge in [0.2, 0.25) is 10.0 Å². The molecule has 2 N–H and O–H groups in total. The van der Waals surface area contributed by atoms with Crippen LogP contribution >= 0.6 is 0 Å². The fourth-order valence-corrected chi connectivity index (χ4v) is 3.38. The van der Waals surface area contributed by atoms with Gasteiger partial charge in [-0.3, -0.25) is 0 Å². The maximum atomic E-state index is 11.6. The van der Waals surface area contributed by atoms with Gasteiger partial charge in [-0.2, -0.15) is 0 Å². The van der Waals surface area contributed by atoms with Crippen LogP contribution < -0.4 is 4.72 Å². The fraction of sp³-hybridized carbons (Fsp3) is 1.00. The van der Waals surface area contributed by atoms with Gasteiger partial charge < -0.3 is 10.0 Å². The lowest BCUT2D eigenvalue weighted by atomic mass is 9.99. The molecule has 17 heavy (non-hydrogen) atoms. The number of sulfonamides is 1. The Morgan fingerprint density at radius 3 is 2.82 bits per heavy atom. The van der Waals surface area contributed by atoms with Gasteiger partial charge in [-0.15, -0.1) is 0 Å². The van der Waals surface area contributed by atoms with Crippen LogP contribution in [0.15, 0.2) is 0 Å². The van der Waals surface area contributed by atoms with E-state index in [4.69, 9.17) is 5.11 Å². The SMILES string of the molecule is CN1CCCC(CNS(=O)(=O)CCCCO)C1. The molecule has 0 aromatic heterocycles. The lowest BCUT2D eigenvalue weighted by molar-refractivity contribution is 0.211. The lowest BCUT2D eigenvalue weighted by Gasteiger charge is -2.29. The van der Waals surface area contributed by atoms with E-state index in [1.165, 1.54) is 0 Å². The number of hydrogen-bond donors (Lipinski definition) is 2. The number of rotatable bonds is 7. The van der Waals surface area contributed by atoms with Crippen LogP contribution in [0, 0.1) is 5.92 Å². The van der Waals surface area contributed by atoms with Crippen molar-refractivity contribution in [2.24, 2.45) is 5.92 Å². The molecule has 0 saturated carbocycles. The number of nitrogens with one attached hydrogen (secondary N) is 1. The van der Waals surface area contributed by atoms with Crippen LogP contribution in [0.5, 0.6) is 0 Å². The largest absolute Gasteiger partial charge is 0.396 e. The molecule has 1 unspecified atom stereocenters. The van der Waals surface area contributed by atoms with E-state index in [0.717, 1.165) is 25.9 Å². The Morgan fingerprint density at radius 2 is 2.18 bits per heavy atom. The fourth-order valence-electron chi connectivity index (χ4n) is 2.16. The van der Waals surface area contributed by atoms with Crippen LogP contribution in [0.3, 0.4) is 0 Å². The van der Waals surface area contributed by atoms with Crippen molar-refractivity contribution in [1.82, 2.24) is 9.62 Å². The van der Waals surface area contributed by atoms with Crippen LogP contribution in [0.25, 0.3) is 0 Å². The Labute approximate surface area is 104 Å². The summed E-state index contributed by atoms with van der Waals surface area (Å²) in [7, 11) is -1.08. The molecule has 1 fully saturated rings. The zero-order chi connectivity index (χ0) is 12.7. The van der Waals surface area contributed by atoms with Gasteiger partial charge in [0.05, 0.1) is 5.75 Å².